The zero-order valence-electron chi connectivity index (χ0n) is 10.5. The summed E-state index contributed by atoms with van der Waals surface area (Å²) in [6, 6.07) is 4.96. The highest BCUT2D eigenvalue weighted by molar-refractivity contribution is 7.96. The Balaban J connectivity index is 2.13. The molecule has 0 unspecified atom stereocenters. The Hall–Kier alpha value is -2.02. The van der Waals surface area contributed by atoms with E-state index in [1.807, 2.05) is 0 Å². The molecule has 0 fully saturated rings. The standard InChI is InChI=1S/C13H12O6S/c14-13(15)12-9(3-6-20(12,16)17)8-1-2-10-11(7-8)19-5-4-18-10/h1-2,7H,3-6H2,(H,14,15). The lowest BCUT2D eigenvalue weighted by Crippen LogP contribution is -2.15. The smallest absolute Gasteiger partial charge is 0.347 e. The molecule has 2 aliphatic rings. The number of carboxylic acid groups (broad SMARTS) is 1. The minimum absolute atomic E-state index is 0.168. The molecule has 2 heterocycles. The van der Waals surface area contributed by atoms with E-state index in [4.69, 9.17) is 14.6 Å². The molecule has 0 bridgehead atoms. The maximum absolute atomic E-state index is 11.8. The molecule has 0 radical (unpaired) electrons. The number of carboxylic acids is 1. The van der Waals surface area contributed by atoms with E-state index in [2.05, 4.69) is 0 Å². The van der Waals surface area contributed by atoms with E-state index in [1.165, 1.54) is 0 Å². The van der Waals surface area contributed by atoms with Crippen molar-refractivity contribution in [1.82, 2.24) is 0 Å². The van der Waals surface area contributed by atoms with Gasteiger partial charge in [-0.1, -0.05) is 6.07 Å². The van der Waals surface area contributed by atoms with Gasteiger partial charge in [0, 0.05) is 0 Å². The number of aliphatic carboxylic acids is 1. The van der Waals surface area contributed by atoms with Crippen molar-refractivity contribution in [3.05, 3.63) is 28.7 Å². The fraction of sp³-hybridized carbons (Fsp3) is 0.308. The number of allylic oxidation sites excluding steroid dienone is 1. The number of rotatable bonds is 2. The molecular weight excluding hydrogens is 284 g/mol. The van der Waals surface area contributed by atoms with Gasteiger partial charge in [-0.15, -0.1) is 0 Å². The van der Waals surface area contributed by atoms with Crippen molar-refractivity contribution in [3.63, 3.8) is 0 Å². The molecule has 106 valence electrons. The van der Waals surface area contributed by atoms with E-state index in [-0.39, 0.29) is 12.2 Å². The van der Waals surface area contributed by atoms with Crippen LogP contribution in [-0.2, 0) is 14.6 Å². The normalized spacial score (nSPS) is 20.0. The minimum Gasteiger partial charge on any atom is -0.486 e. The first-order valence-electron chi connectivity index (χ1n) is 6.08. The second-order valence-corrected chi connectivity index (χ2v) is 6.59. The van der Waals surface area contributed by atoms with Crippen LogP contribution in [0.4, 0.5) is 0 Å². The van der Waals surface area contributed by atoms with Gasteiger partial charge in [-0.25, -0.2) is 13.2 Å². The Morgan fingerprint density at radius 3 is 2.55 bits per heavy atom. The third-order valence-electron chi connectivity index (χ3n) is 3.29. The number of fused-ring (bicyclic) bond motifs is 1. The third kappa shape index (κ3) is 2.03. The van der Waals surface area contributed by atoms with Crippen molar-refractivity contribution in [1.29, 1.82) is 0 Å². The van der Waals surface area contributed by atoms with Gasteiger partial charge < -0.3 is 14.6 Å². The molecule has 0 saturated carbocycles. The van der Waals surface area contributed by atoms with Crippen molar-refractivity contribution >= 4 is 21.4 Å². The van der Waals surface area contributed by atoms with Crippen molar-refractivity contribution in [2.24, 2.45) is 0 Å². The molecular formula is C13H12O6S. The Labute approximate surface area is 115 Å². The average molecular weight is 296 g/mol. The van der Waals surface area contributed by atoms with Crippen LogP contribution >= 0.6 is 0 Å². The van der Waals surface area contributed by atoms with Gasteiger partial charge >= 0.3 is 5.97 Å². The van der Waals surface area contributed by atoms with Gasteiger partial charge in [0.25, 0.3) is 0 Å². The predicted molar refractivity (Wildman–Crippen MR) is 70.4 cm³/mol. The summed E-state index contributed by atoms with van der Waals surface area (Å²) < 4.78 is 34.4. The molecule has 20 heavy (non-hydrogen) atoms. The minimum atomic E-state index is -3.70. The van der Waals surface area contributed by atoms with E-state index in [1.54, 1.807) is 18.2 Å². The van der Waals surface area contributed by atoms with E-state index in [0.717, 1.165) is 0 Å². The largest absolute Gasteiger partial charge is 0.486 e. The highest BCUT2D eigenvalue weighted by Crippen LogP contribution is 2.38. The summed E-state index contributed by atoms with van der Waals surface area (Å²) in [5.74, 6) is -0.487. The fourth-order valence-corrected chi connectivity index (χ4v) is 3.95. The summed E-state index contributed by atoms with van der Waals surface area (Å²) in [5.41, 5.74) is 0.877. The average Bonchev–Trinajstić information content (AvgIpc) is 2.74. The summed E-state index contributed by atoms with van der Waals surface area (Å²) in [4.78, 5) is 10.7. The molecule has 1 N–H and O–H groups in total. The van der Waals surface area contributed by atoms with Gasteiger partial charge in [-0.3, -0.25) is 0 Å². The van der Waals surface area contributed by atoms with Gasteiger partial charge in [0.15, 0.2) is 26.2 Å². The number of benzene rings is 1. The van der Waals surface area contributed by atoms with Crippen LogP contribution in [0.1, 0.15) is 12.0 Å². The summed E-state index contributed by atoms with van der Waals surface area (Å²) in [6.07, 6.45) is 0.198. The summed E-state index contributed by atoms with van der Waals surface area (Å²) in [6.45, 7) is 0.878. The lowest BCUT2D eigenvalue weighted by Gasteiger charge is -2.19. The quantitative estimate of drug-likeness (QED) is 0.878. The molecule has 0 spiro atoms. The summed E-state index contributed by atoms with van der Waals surface area (Å²) in [7, 11) is -3.70. The molecule has 3 rings (SSSR count). The SMILES string of the molecule is O=C(O)C1=C(c2ccc3c(c2)OCCO3)CCS1(=O)=O. The third-order valence-corrected chi connectivity index (χ3v) is 5.08. The maximum Gasteiger partial charge on any atom is 0.347 e. The van der Waals surface area contributed by atoms with E-state index in [9.17, 15) is 13.2 Å². The lowest BCUT2D eigenvalue weighted by molar-refractivity contribution is -0.131. The van der Waals surface area contributed by atoms with Gasteiger partial charge in [0.2, 0.25) is 0 Å². The molecule has 0 amide bonds. The Morgan fingerprint density at radius 2 is 1.85 bits per heavy atom. The number of sulfone groups is 1. The topological polar surface area (TPSA) is 89.9 Å². The van der Waals surface area contributed by atoms with Crippen molar-refractivity contribution in [3.8, 4) is 11.5 Å². The van der Waals surface area contributed by atoms with Crippen LogP contribution in [0.25, 0.3) is 5.57 Å². The first-order chi connectivity index (χ1) is 9.49. The lowest BCUT2D eigenvalue weighted by atomic mass is 10.0. The highest BCUT2D eigenvalue weighted by atomic mass is 32.2. The van der Waals surface area contributed by atoms with Gasteiger partial charge in [-0.05, 0) is 29.7 Å². The zero-order valence-corrected chi connectivity index (χ0v) is 11.3. The molecule has 2 aliphatic heterocycles. The Kier molecular flexibility index (Phi) is 2.93. The van der Waals surface area contributed by atoms with Crippen molar-refractivity contribution < 1.29 is 27.8 Å². The van der Waals surface area contributed by atoms with Crippen molar-refractivity contribution in [2.75, 3.05) is 19.0 Å². The monoisotopic (exact) mass is 296 g/mol. The number of carbonyl (C=O) groups is 1. The van der Waals surface area contributed by atoms with E-state index < -0.39 is 20.7 Å². The molecule has 7 heteroatoms. The van der Waals surface area contributed by atoms with Crippen LogP contribution in [0.2, 0.25) is 0 Å². The van der Waals surface area contributed by atoms with Gasteiger partial charge in [0.1, 0.15) is 13.2 Å². The van der Waals surface area contributed by atoms with Crippen LogP contribution in [-0.4, -0.2) is 38.5 Å². The zero-order chi connectivity index (χ0) is 14.3. The van der Waals surface area contributed by atoms with E-state index in [0.29, 0.717) is 35.8 Å². The van der Waals surface area contributed by atoms with Crippen LogP contribution < -0.4 is 9.47 Å². The second-order valence-electron chi connectivity index (χ2n) is 4.54. The Bertz CT molecular complexity index is 716. The first kappa shape index (κ1) is 13.0. The first-order valence-corrected chi connectivity index (χ1v) is 7.73. The summed E-state index contributed by atoms with van der Waals surface area (Å²) in [5, 5.41) is 9.13. The Morgan fingerprint density at radius 1 is 1.15 bits per heavy atom. The molecule has 1 aromatic carbocycles. The highest BCUT2D eigenvalue weighted by Gasteiger charge is 2.35. The van der Waals surface area contributed by atoms with Crippen LogP contribution in [0.15, 0.2) is 23.1 Å². The van der Waals surface area contributed by atoms with Gasteiger partial charge in [0.05, 0.1) is 5.75 Å². The number of ether oxygens (including phenoxy) is 2. The van der Waals surface area contributed by atoms with Crippen LogP contribution in [0.3, 0.4) is 0 Å². The van der Waals surface area contributed by atoms with Crippen LogP contribution in [0.5, 0.6) is 11.5 Å². The maximum atomic E-state index is 11.8. The summed E-state index contributed by atoms with van der Waals surface area (Å²) >= 11 is 0. The molecule has 6 nitrogen and oxygen atoms in total. The second kappa shape index (κ2) is 4.52. The molecule has 1 aromatic rings. The van der Waals surface area contributed by atoms with Gasteiger partial charge in [-0.2, -0.15) is 0 Å². The van der Waals surface area contributed by atoms with E-state index >= 15 is 0 Å². The van der Waals surface area contributed by atoms with Crippen LogP contribution in [0, 0.1) is 0 Å². The molecule has 0 atom stereocenters. The fourth-order valence-electron chi connectivity index (χ4n) is 2.41. The molecule has 0 aromatic heterocycles. The number of hydrogen-bond acceptors (Lipinski definition) is 5. The predicted octanol–water partition coefficient (Wildman–Crippen LogP) is 1.07. The molecule has 0 aliphatic carbocycles. The molecule has 0 saturated heterocycles. The number of hydrogen-bond donors (Lipinski definition) is 1. The van der Waals surface area contributed by atoms with Crippen molar-refractivity contribution in [2.45, 2.75) is 6.42 Å².